The molecule has 184 valence electrons. The molecule has 2 aromatic rings. The largest absolute Gasteiger partial charge is 0.479 e. The van der Waals surface area contributed by atoms with Gasteiger partial charge in [-0.05, 0) is 25.0 Å². The molecule has 1 amide bonds. The molecule has 8 nitrogen and oxygen atoms in total. The third-order valence-electron chi connectivity index (χ3n) is 5.09. The number of allylic oxidation sites excluding steroid dienone is 1. The number of carbonyl (C=O) groups excluding carboxylic acids is 1. The minimum Gasteiger partial charge on any atom is -0.479 e. The van der Waals surface area contributed by atoms with E-state index in [0.29, 0.717) is 30.9 Å². The van der Waals surface area contributed by atoms with Crippen LogP contribution < -0.4 is 14.4 Å². The topological polar surface area (TPSA) is 94.5 Å². The van der Waals surface area contributed by atoms with E-state index in [1.807, 2.05) is 13.0 Å². The van der Waals surface area contributed by atoms with Gasteiger partial charge in [0, 0.05) is 41.3 Å². The molecule has 0 spiro atoms. The van der Waals surface area contributed by atoms with E-state index in [2.05, 4.69) is 19.7 Å². The normalized spacial score (nSPS) is 18.3. The van der Waals surface area contributed by atoms with E-state index in [9.17, 15) is 22.2 Å². The summed E-state index contributed by atoms with van der Waals surface area (Å²) in [6.45, 7) is 0.961. The number of hydrogen-bond acceptors (Lipinski definition) is 7. The highest BCUT2D eigenvalue weighted by Crippen LogP contribution is 2.25. The van der Waals surface area contributed by atoms with Crippen LogP contribution in [0.2, 0.25) is 0 Å². The van der Waals surface area contributed by atoms with Crippen LogP contribution in [0.15, 0.2) is 36.8 Å². The van der Waals surface area contributed by atoms with Crippen LogP contribution in [0, 0.1) is 0 Å². The molecule has 0 N–H and O–H groups in total. The highest BCUT2D eigenvalue weighted by molar-refractivity contribution is 7.84. The summed E-state index contributed by atoms with van der Waals surface area (Å²) < 4.78 is 58.5. The Kier molecular flexibility index (Phi) is 8.59. The van der Waals surface area contributed by atoms with Gasteiger partial charge in [-0.2, -0.15) is 13.2 Å². The molecule has 0 radical (unpaired) electrons. The zero-order chi connectivity index (χ0) is 24.7. The van der Waals surface area contributed by atoms with Crippen LogP contribution in [-0.4, -0.2) is 62.0 Å². The summed E-state index contributed by atoms with van der Waals surface area (Å²) in [4.78, 5) is 26.6. The van der Waals surface area contributed by atoms with Crippen molar-refractivity contribution in [3.05, 3.63) is 42.6 Å². The minimum absolute atomic E-state index is 0.0912. The van der Waals surface area contributed by atoms with Crippen molar-refractivity contribution >= 4 is 28.5 Å². The molecule has 0 aromatic carbocycles. The molecule has 1 saturated heterocycles. The van der Waals surface area contributed by atoms with Gasteiger partial charge in [-0.1, -0.05) is 13.0 Å². The monoisotopic (exact) mass is 498 g/mol. The number of halogens is 3. The van der Waals surface area contributed by atoms with Crippen LogP contribution in [0.5, 0.6) is 11.6 Å². The summed E-state index contributed by atoms with van der Waals surface area (Å²) in [6, 6.07) is 2.65. The van der Waals surface area contributed by atoms with Gasteiger partial charge in [0.05, 0.1) is 24.3 Å². The Balaban J connectivity index is 1.54. The molecule has 3 heterocycles. The summed E-state index contributed by atoms with van der Waals surface area (Å²) in [5.41, 5.74) is 0.531. The van der Waals surface area contributed by atoms with E-state index in [-0.39, 0.29) is 22.8 Å². The van der Waals surface area contributed by atoms with Crippen molar-refractivity contribution < 1.29 is 31.6 Å². The van der Waals surface area contributed by atoms with Crippen LogP contribution in [-0.2, 0) is 15.6 Å². The SMILES string of the molecule is CCC(C/C=C/c1ncc(N2CC[C@@H](Oc3ccc(OCC(F)(F)F)nc3)C2=O)cn1)S(C)=O. The zero-order valence-corrected chi connectivity index (χ0v) is 19.5. The van der Waals surface area contributed by atoms with Crippen molar-refractivity contribution in [3.63, 3.8) is 0 Å². The van der Waals surface area contributed by atoms with Gasteiger partial charge < -0.3 is 14.4 Å². The Morgan fingerprint density at radius 2 is 1.97 bits per heavy atom. The van der Waals surface area contributed by atoms with Gasteiger partial charge in [-0.15, -0.1) is 0 Å². The average Bonchev–Trinajstić information content (AvgIpc) is 3.16. The van der Waals surface area contributed by atoms with Gasteiger partial charge in [0.15, 0.2) is 18.5 Å². The van der Waals surface area contributed by atoms with Gasteiger partial charge in [-0.3, -0.25) is 9.00 Å². The van der Waals surface area contributed by atoms with E-state index in [4.69, 9.17) is 4.74 Å². The van der Waals surface area contributed by atoms with Crippen molar-refractivity contribution in [3.8, 4) is 11.6 Å². The standard InChI is InChI=1S/C22H25F3N4O4S/c1-3-17(34(2)31)5-4-6-19-26-11-15(12-27-19)29-10-9-18(21(29)30)33-16-7-8-20(28-13-16)32-14-22(23,24)25/h4,6-8,11-13,17-18H,3,5,9-10,14H2,1-2H3/b6-4+/t17?,18-,34?/m1/s1. The summed E-state index contributed by atoms with van der Waals surface area (Å²) in [5.74, 6) is 0.262. The first kappa shape index (κ1) is 25.6. The first-order chi connectivity index (χ1) is 16.2. The molecule has 1 aliphatic rings. The van der Waals surface area contributed by atoms with Gasteiger partial charge >= 0.3 is 6.18 Å². The van der Waals surface area contributed by atoms with E-state index in [0.717, 1.165) is 6.42 Å². The van der Waals surface area contributed by atoms with Crippen molar-refractivity contribution in [1.82, 2.24) is 15.0 Å². The lowest BCUT2D eigenvalue weighted by Gasteiger charge is -2.16. The Morgan fingerprint density at radius 1 is 1.24 bits per heavy atom. The zero-order valence-electron chi connectivity index (χ0n) is 18.7. The Morgan fingerprint density at radius 3 is 2.56 bits per heavy atom. The van der Waals surface area contributed by atoms with Crippen molar-refractivity contribution in [2.75, 3.05) is 24.3 Å². The lowest BCUT2D eigenvalue weighted by atomic mass is 10.2. The molecule has 1 fully saturated rings. The summed E-state index contributed by atoms with van der Waals surface area (Å²) >= 11 is 0. The Labute approximate surface area is 197 Å². The van der Waals surface area contributed by atoms with Crippen LogP contribution in [0.1, 0.15) is 32.0 Å². The Bertz CT molecular complexity index is 1020. The smallest absolute Gasteiger partial charge is 0.422 e. The van der Waals surface area contributed by atoms with Gasteiger partial charge in [0.2, 0.25) is 5.88 Å². The highest BCUT2D eigenvalue weighted by Gasteiger charge is 2.35. The number of pyridine rings is 1. The van der Waals surface area contributed by atoms with Crippen molar-refractivity contribution in [1.29, 1.82) is 0 Å². The first-order valence-corrected chi connectivity index (χ1v) is 12.2. The predicted octanol–water partition coefficient (Wildman–Crippen LogP) is 3.56. The first-order valence-electron chi connectivity index (χ1n) is 10.6. The van der Waals surface area contributed by atoms with Crippen LogP contribution >= 0.6 is 0 Å². The third-order valence-corrected chi connectivity index (χ3v) is 6.55. The van der Waals surface area contributed by atoms with Crippen molar-refractivity contribution in [2.45, 2.75) is 43.7 Å². The fourth-order valence-corrected chi connectivity index (χ4v) is 4.13. The van der Waals surface area contributed by atoms with Gasteiger partial charge in [0.1, 0.15) is 5.75 Å². The maximum atomic E-state index is 12.8. The maximum absolute atomic E-state index is 12.8. The lowest BCUT2D eigenvalue weighted by Crippen LogP contribution is -2.32. The molecule has 0 aliphatic carbocycles. The second kappa shape index (κ2) is 11.4. The average molecular weight is 499 g/mol. The molecular formula is C22H25F3N4O4S. The third kappa shape index (κ3) is 7.24. The van der Waals surface area contributed by atoms with Gasteiger partial charge in [0.25, 0.3) is 5.91 Å². The number of amides is 1. The fraction of sp³-hybridized carbons (Fsp3) is 0.455. The van der Waals surface area contributed by atoms with E-state index in [1.165, 1.54) is 23.2 Å². The quantitative estimate of drug-likeness (QED) is 0.494. The van der Waals surface area contributed by atoms with Crippen molar-refractivity contribution in [2.24, 2.45) is 0 Å². The number of hydrogen-bond donors (Lipinski definition) is 0. The molecule has 2 unspecified atom stereocenters. The number of ether oxygens (including phenoxy) is 2. The van der Waals surface area contributed by atoms with Gasteiger partial charge in [-0.25, -0.2) is 15.0 Å². The molecule has 3 rings (SSSR count). The molecule has 12 heteroatoms. The number of rotatable bonds is 10. The molecule has 0 saturated carbocycles. The number of nitrogens with zero attached hydrogens (tertiary/aromatic N) is 4. The predicted molar refractivity (Wildman–Crippen MR) is 121 cm³/mol. The summed E-state index contributed by atoms with van der Waals surface area (Å²) in [6.07, 6.45) is 6.34. The second-order valence-corrected chi connectivity index (χ2v) is 9.25. The lowest BCUT2D eigenvalue weighted by molar-refractivity contribution is -0.154. The molecular weight excluding hydrogens is 473 g/mol. The Hall–Kier alpha value is -3.02. The number of anilines is 1. The summed E-state index contributed by atoms with van der Waals surface area (Å²) in [7, 11) is -0.894. The number of aromatic nitrogens is 3. The van der Waals surface area contributed by atoms with Crippen LogP contribution in [0.25, 0.3) is 6.08 Å². The van der Waals surface area contributed by atoms with E-state index in [1.54, 1.807) is 24.7 Å². The van der Waals surface area contributed by atoms with Crippen LogP contribution in [0.4, 0.5) is 18.9 Å². The number of carbonyl (C=O) groups is 1. The number of alkyl halides is 3. The maximum Gasteiger partial charge on any atom is 0.422 e. The second-order valence-electron chi connectivity index (χ2n) is 7.59. The van der Waals surface area contributed by atoms with E-state index >= 15 is 0 Å². The molecule has 3 atom stereocenters. The van der Waals surface area contributed by atoms with E-state index < -0.39 is 29.7 Å². The van der Waals surface area contributed by atoms with Crippen LogP contribution in [0.3, 0.4) is 0 Å². The molecule has 0 bridgehead atoms. The fourth-order valence-electron chi connectivity index (χ4n) is 3.28. The molecule has 2 aromatic heterocycles. The highest BCUT2D eigenvalue weighted by atomic mass is 32.2. The molecule has 1 aliphatic heterocycles. The minimum atomic E-state index is -4.45. The molecule has 34 heavy (non-hydrogen) atoms. The summed E-state index contributed by atoms with van der Waals surface area (Å²) in [5, 5.41) is 0.0912.